The molecule has 0 atom stereocenters. The minimum Gasteiger partial charge on any atom is -0.463 e. The first kappa shape index (κ1) is 15.1. The van der Waals surface area contributed by atoms with E-state index in [1.54, 1.807) is 7.11 Å². The molecule has 0 spiro atoms. The molecule has 0 N–H and O–H groups in total. The molecule has 4 heteroatoms. The van der Waals surface area contributed by atoms with E-state index in [9.17, 15) is 4.79 Å². The molecular weight excluding hydrogens is 248 g/mol. The van der Waals surface area contributed by atoms with Crippen molar-refractivity contribution in [3.05, 3.63) is 29.8 Å². The molecule has 0 heterocycles. The quantitative estimate of drug-likeness (QED) is 0.433. The Morgan fingerprint density at radius 1 is 1.22 bits per heavy atom. The highest BCUT2D eigenvalue weighted by Crippen LogP contribution is 2.22. The van der Waals surface area contributed by atoms with Gasteiger partial charge in [0.05, 0.1) is 13.0 Å². The van der Waals surface area contributed by atoms with Crippen molar-refractivity contribution >= 4 is 17.7 Å². The fraction of sp³-hybridized carbons (Fsp3) is 0.500. The SMILES string of the molecule is COCCOC(=O)Cc1ccc(SC(C)C)cc1. The number of benzene rings is 1. The van der Waals surface area contributed by atoms with Gasteiger partial charge in [0.1, 0.15) is 6.61 Å². The highest BCUT2D eigenvalue weighted by Gasteiger charge is 2.05. The van der Waals surface area contributed by atoms with Gasteiger partial charge in [0.15, 0.2) is 0 Å². The number of carbonyl (C=O) groups excluding carboxylic acids is 1. The van der Waals surface area contributed by atoms with Crippen LogP contribution in [0, 0.1) is 0 Å². The first-order chi connectivity index (χ1) is 8.61. The van der Waals surface area contributed by atoms with Gasteiger partial charge >= 0.3 is 5.97 Å². The fourth-order valence-corrected chi connectivity index (χ4v) is 2.25. The number of methoxy groups -OCH3 is 1. The minimum absolute atomic E-state index is 0.212. The third kappa shape index (κ3) is 6.07. The summed E-state index contributed by atoms with van der Waals surface area (Å²) in [7, 11) is 1.58. The molecule has 0 fully saturated rings. The summed E-state index contributed by atoms with van der Waals surface area (Å²) in [4.78, 5) is 12.7. The van der Waals surface area contributed by atoms with Gasteiger partial charge in [-0.3, -0.25) is 4.79 Å². The third-order valence-electron chi connectivity index (χ3n) is 2.19. The summed E-state index contributed by atoms with van der Waals surface area (Å²) in [5.74, 6) is -0.212. The van der Waals surface area contributed by atoms with Gasteiger partial charge in [-0.25, -0.2) is 0 Å². The van der Waals surface area contributed by atoms with Crippen LogP contribution in [0.4, 0.5) is 0 Å². The third-order valence-corrected chi connectivity index (χ3v) is 3.21. The van der Waals surface area contributed by atoms with Crippen LogP contribution in [-0.4, -0.2) is 31.5 Å². The van der Waals surface area contributed by atoms with E-state index in [-0.39, 0.29) is 5.97 Å². The second-order valence-corrected chi connectivity index (χ2v) is 5.85. The van der Waals surface area contributed by atoms with Crippen LogP contribution in [0.1, 0.15) is 19.4 Å². The summed E-state index contributed by atoms with van der Waals surface area (Å²) in [5, 5.41) is 0.565. The highest BCUT2D eigenvalue weighted by molar-refractivity contribution is 7.99. The van der Waals surface area contributed by atoms with Crippen molar-refractivity contribution in [1.82, 2.24) is 0 Å². The molecule has 100 valence electrons. The fourth-order valence-electron chi connectivity index (χ4n) is 1.41. The maximum atomic E-state index is 11.5. The number of hydrogen-bond acceptors (Lipinski definition) is 4. The van der Waals surface area contributed by atoms with Gasteiger partial charge < -0.3 is 9.47 Å². The van der Waals surface area contributed by atoms with Crippen molar-refractivity contribution in [1.29, 1.82) is 0 Å². The molecule has 1 aromatic rings. The summed E-state index contributed by atoms with van der Waals surface area (Å²) in [5.41, 5.74) is 0.977. The Balaban J connectivity index is 2.40. The summed E-state index contributed by atoms with van der Waals surface area (Å²) >= 11 is 1.81. The van der Waals surface area contributed by atoms with Gasteiger partial charge in [-0.1, -0.05) is 26.0 Å². The van der Waals surface area contributed by atoms with Crippen LogP contribution >= 0.6 is 11.8 Å². The number of hydrogen-bond donors (Lipinski definition) is 0. The second-order valence-electron chi connectivity index (χ2n) is 4.20. The Morgan fingerprint density at radius 2 is 1.89 bits per heavy atom. The van der Waals surface area contributed by atoms with Gasteiger partial charge in [-0.2, -0.15) is 0 Å². The van der Waals surface area contributed by atoms with Crippen molar-refractivity contribution in [3.63, 3.8) is 0 Å². The molecule has 0 aliphatic heterocycles. The monoisotopic (exact) mass is 268 g/mol. The van der Waals surface area contributed by atoms with Crippen LogP contribution in [0.25, 0.3) is 0 Å². The molecule has 0 saturated carbocycles. The largest absolute Gasteiger partial charge is 0.463 e. The molecule has 0 aliphatic rings. The van der Waals surface area contributed by atoms with Crippen LogP contribution in [-0.2, 0) is 20.7 Å². The van der Waals surface area contributed by atoms with E-state index in [1.165, 1.54) is 4.90 Å². The topological polar surface area (TPSA) is 35.5 Å². The van der Waals surface area contributed by atoms with E-state index in [1.807, 2.05) is 36.0 Å². The Hall–Kier alpha value is -1.00. The van der Waals surface area contributed by atoms with E-state index in [0.29, 0.717) is 24.9 Å². The van der Waals surface area contributed by atoms with E-state index < -0.39 is 0 Å². The van der Waals surface area contributed by atoms with Crippen LogP contribution < -0.4 is 0 Å². The molecule has 0 saturated heterocycles. The molecule has 0 bridgehead atoms. The van der Waals surface area contributed by atoms with Crippen molar-refractivity contribution in [2.24, 2.45) is 0 Å². The van der Waals surface area contributed by atoms with Crippen LogP contribution in [0.15, 0.2) is 29.2 Å². The molecule has 0 radical (unpaired) electrons. The average molecular weight is 268 g/mol. The lowest BCUT2D eigenvalue weighted by Gasteiger charge is -2.07. The maximum Gasteiger partial charge on any atom is 0.310 e. The summed E-state index contributed by atoms with van der Waals surface area (Å²) in [6.45, 7) is 5.07. The number of thioether (sulfide) groups is 1. The molecule has 1 aromatic carbocycles. The number of rotatable bonds is 7. The zero-order valence-electron chi connectivity index (χ0n) is 11.1. The minimum atomic E-state index is -0.212. The van der Waals surface area contributed by atoms with Gasteiger partial charge in [0.2, 0.25) is 0 Å². The smallest absolute Gasteiger partial charge is 0.310 e. The maximum absolute atomic E-state index is 11.5. The zero-order chi connectivity index (χ0) is 13.4. The van der Waals surface area contributed by atoms with E-state index >= 15 is 0 Å². The van der Waals surface area contributed by atoms with Crippen LogP contribution in [0.5, 0.6) is 0 Å². The van der Waals surface area contributed by atoms with Gasteiger partial charge in [0.25, 0.3) is 0 Å². The van der Waals surface area contributed by atoms with Crippen molar-refractivity contribution in [2.75, 3.05) is 20.3 Å². The zero-order valence-corrected chi connectivity index (χ0v) is 12.0. The average Bonchev–Trinajstić information content (AvgIpc) is 2.31. The van der Waals surface area contributed by atoms with Crippen molar-refractivity contribution < 1.29 is 14.3 Å². The second kappa shape index (κ2) is 8.16. The Morgan fingerprint density at radius 3 is 2.44 bits per heavy atom. The first-order valence-electron chi connectivity index (χ1n) is 6.02. The van der Waals surface area contributed by atoms with E-state index in [4.69, 9.17) is 9.47 Å². The lowest BCUT2D eigenvalue weighted by Crippen LogP contribution is -2.11. The van der Waals surface area contributed by atoms with Crippen LogP contribution in [0.2, 0.25) is 0 Å². The van der Waals surface area contributed by atoms with Gasteiger partial charge in [-0.05, 0) is 17.7 Å². The molecule has 0 aliphatic carbocycles. The molecule has 0 unspecified atom stereocenters. The van der Waals surface area contributed by atoms with Crippen molar-refractivity contribution in [3.8, 4) is 0 Å². The van der Waals surface area contributed by atoms with Gasteiger partial charge in [-0.15, -0.1) is 11.8 Å². The predicted molar refractivity (Wildman–Crippen MR) is 74.0 cm³/mol. The lowest BCUT2D eigenvalue weighted by atomic mass is 10.1. The molecule has 0 amide bonds. The highest BCUT2D eigenvalue weighted by atomic mass is 32.2. The Kier molecular flexibility index (Phi) is 6.83. The summed E-state index contributed by atoms with van der Waals surface area (Å²) < 4.78 is 9.83. The molecule has 1 rings (SSSR count). The normalized spacial score (nSPS) is 10.7. The predicted octanol–water partition coefficient (Wildman–Crippen LogP) is 2.92. The first-order valence-corrected chi connectivity index (χ1v) is 6.90. The standard InChI is InChI=1S/C14H20O3S/c1-11(2)18-13-6-4-12(5-7-13)10-14(15)17-9-8-16-3/h4-7,11H,8-10H2,1-3H3. The lowest BCUT2D eigenvalue weighted by molar-refractivity contribution is -0.144. The van der Waals surface area contributed by atoms with Crippen molar-refractivity contribution in [2.45, 2.75) is 30.4 Å². The Bertz CT molecular complexity index is 360. The number of ether oxygens (including phenoxy) is 2. The Labute approximate surface area is 113 Å². The molecule has 18 heavy (non-hydrogen) atoms. The van der Waals surface area contributed by atoms with Gasteiger partial charge in [0, 0.05) is 17.3 Å². The molecule has 3 nitrogen and oxygen atoms in total. The van der Waals surface area contributed by atoms with Crippen LogP contribution in [0.3, 0.4) is 0 Å². The molecule has 0 aromatic heterocycles. The molecular formula is C14H20O3S. The number of carbonyl (C=O) groups is 1. The van der Waals surface area contributed by atoms with E-state index in [2.05, 4.69) is 13.8 Å². The summed E-state index contributed by atoms with van der Waals surface area (Å²) in [6, 6.07) is 8.04. The van der Waals surface area contributed by atoms with E-state index in [0.717, 1.165) is 5.56 Å². The number of esters is 1. The summed E-state index contributed by atoms with van der Waals surface area (Å²) in [6.07, 6.45) is 0.316.